The first-order valence-electron chi connectivity index (χ1n) is 5.23. The van der Waals surface area contributed by atoms with Crippen LogP contribution in [0.25, 0.3) is 0 Å². The second-order valence-corrected chi connectivity index (χ2v) is 5.54. The lowest BCUT2D eigenvalue weighted by molar-refractivity contribution is -0.153. The van der Waals surface area contributed by atoms with Crippen molar-refractivity contribution in [3.8, 4) is 5.75 Å². The van der Waals surface area contributed by atoms with Crippen LogP contribution in [0.1, 0.15) is 5.56 Å². The Morgan fingerprint density at radius 2 is 2.25 bits per heavy atom. The molecule has 0 amide bonds. The van der Waals surface area contributed by atoms with E-state index in [4.69, 9.17) is 9.47 Å². The van der Waals surface area contributed by atoms with Gasteiger partial charge in [-0.05, 0) is 47.2 Å². The molecule has 1 saturated heterocycles. The molecule has 0 atom stereocenters. The number of hydrogen-bond acceptors (Lipinski definition) is 3. The fourth-order valence-corrected chi connectivity index (χ4v) is 2.05. The van der Waals surface area contributed by atoms with Gasteiger partial charge in [0.1, 0.15) is 12.4 Å². The van der Waals surface area contributed by atoms with Crippen molar-refractivity contribution in [1.29, 1.82) is 0 Å². The lowest BCUT2D eigenvalue weighted by atomic mass is 9.88. The smallest absolute Gasteiger partial charge is 0.132 e. The summed E-state index contributed by atoms with van der Waals surface area (Å²) in [7, 11) is 0. The maximum Gasteiger partial charge on any atom is 0.132 e. The summed E-state index contributed by atoms with van der Waals surface area (Å²) in [6.45, 7) is 3.85. The molecule has 88 valence electrons. The molecule has 0 aromatic heterocycles. The van der Waals surface area contributed by atoms with Crippen LogP contribution in [0.2, 0.25) is 0 Å². The number of ether oxygens (including phenoxy) is 2. The van der Waals surface area contributed by atoms with Gasteiger partial charge in [0.05, 0.1) is 28.8 Å². The number of aliphatic hydroxyl groups excluding tert-OH is 1. The highest BCUT2D eigenvalue weighted by Gasteiger charge is 2.39. The maximum absolute atomic E-state index is 9.28. The third-order valence-corrected chi connectivity index (χ3v) is 3.66. The van der Waals surface area contributed by atoms with Crippen molar-refractivity contribution in [3.05, 3.63) is 27.3 Å². The molecule has 1 N–H and O–H groups in total. The van der Waals surface area contributed by atoms with Crippen LogP contribution >= 0.6 is 22.6 Å². The van der Waals surface area contributed by atoms with E-state index in [1.807, 2.05) is 19.1 Å². The van der Waals surface area contributed by atoms with Crippen molar-refractivity contribution in [2.75, 3.05) is 26.4 Å². The van der Waals surface area contributed by atoms with Crippen molar-refractivity contribution < 1.29 is 14.6 Å². The number of halogens is 1. The Hall–Kier alpha value is -0.330. The highest BCUT2D eigenvalue weighted by molar-refractivity contribution is 14.1. The van der Waals surface area contributed by atoms with Gasteiger partial charge in [0.2, 0.25) is 0 Å². The topological polar surface area (TPSA) is 38.7 Å². The molecule has 0 spiro atoms. The second-order valence-electron chi connectivity index (χ2n) is 4.37. The highest BCUT2D eigenvalue weighted by Crippen LogP contribution is 2.29. The molecular weight excluding hydrogens is 319 g/mol. The number of aliphatic hydroxyl groups is 1. The van der Waals surface area contributed by atoms with E-state index >= 15 is 0 Å². The Morgan fingerprint density at radius 3 is 2.81 bits per heavy atom. The van der Waals surface area contributed by atoms with Crippen LogP contribution in [0, 0.1) is 15.9 Å². The molecule has 1 fully saturated rings. The third-order valence-electron chi connectivity index (χ3n) is 2.77. The summed E-state index contributed by atoms with van der Waals surface area (Å²) in [5, 5.41) is 9.28. The lowest BCUT2D eigenvalue weighted by Crippen LogP contribution is -2.50. The average molecular weight is 334 g/mol. The molecule has 3 nitrogen and oxygen atoms in total. The Kier molecular flexibility index (Phi) is 3.71. The van der Waals surface area contributed by atoms with Crippen LogP contribution in [0.15, 0.2) is 18.2 Å². The number of hydrogen-bond donors (Lipinski definition) is 1. The first-order chi connectivity index (χ1) is 7.65. The minimum Gasteiger partial charge on any atom is -0.492 e. The van der Waals surface area contributed by atoms with E-state index in [-0.39, 0.29) is 12.0 Å². The largest absolute Gasteiger partial charge is 0.492 e. The van der Waals surface area contributed by atoms with Crippen LogP contribution in [-0.2, 0) is 4.74 Å². The van der Waals surface area contributed by atoms with E-state index in [1.54, 1.807) is 0 Å². The van der Waals surface area contributed by atoms with Crippen molar-refractivity contribution in [3.63, 3.8) is 0 Å². The van der Waals surface area contributed by atoms with Gasteiger partial charge in [-0.3, -0.25) is 0 Å². The predicted octanol–water partition coefficient (Wildman–Crippen LogP) is 1.99. The van der Waals surface area contributed by atoms with Gasteiger partial charge in [-0.2, -0.15) is 0 Å². The van der Waals surface area contributed by atoms with Crippen LogP contribution in [-0.4, -0.2) is 31.5 Å². The standard InChI is InChI=1S/C12H15IO3/c1-9-2-3-10(13)11(4-9)16-8-12(5-14)6-15-7-12/h2-4,14H,5-8H2,1H3. The summed E-state index contributed by atoms with van der Waals surface area (Å²) in [4.78, 5) is 0. The maximum atomic E-state index is 9.28. The van der Waals surface area contributed by atoms with E-state index in [1.165, 1.54) is 5.56 Å². The highest BCUT2D eigenvalue weighted by atomic mass is 127. The molecule has 0 unspecified atom stereocenters. The van der Waals surface area contributed by atoms with Crippen LogP contribution in [0.3, 0.4) is 0 Å². The first-order valence-corrected chi connectivity index (χ1v) is 6.31. The predicted molar refractivity (Wildman–Crippen MR) is 69.7 cm³/mol. The van der Waals surface area contributed by atoms with Crippen molar-refractivity contribution >= 4 is 22.6 Å². The zero-order chi connectivity index (χ0) is 11.6. The third kappa shape index (κ3) is 2.49. The van der Waals surface area contributed by atoms with Gasteiger partial charge in [0.25, 0.3) is 0 Å². The van der Waals surface area contributed by atoms with Gasteiger partial charge in [-0.15, -0.1) is 0 Å². The summed E-state index contributed by atoms with van der Waals surface area (Å²) in [5.74, 6) is 0.889. The van der Waals surface area contributed by atoms with Crippen LogP contribution < -0.4 is 4.74 Å². The number of rotatable bonds is 4. The minimum atomic E-state index is -0.188. The van der Waals surface area contributed by atoms with Crippen LogP contribution in [0.4, 0.5) is 0 Å². The van der Waals surface area contributed by atoms with Gasteiger partial charge >= 0.3 is 0 Å². The zero-order valence-electron chi connectivity index (χ0n) is 9.20. The summed E-state index contributed by atoms with van der Waals surface area (Å²) in [5.41, 5.74) is 0.991. The van der Waals surface area contributed by atoms with E-state index < -0.39 is 0 Å². The molecule has 1 aliphatic rings. The fraction of sp³-hybridized carbons (Fsp3) is 0.500. The van der Waals surface area contributed by atoms with E-state index in [2.05, 4.69) is 28.7 Å². The Bertz CT molecular complexity index is 369. The summed E-state index contributed by atoms with van der Waals surface area (Å²) < 4.78 is 12.0. The second kappa shape index (κ2) is 4.89. The quantitative estimate of drug-likeness (QED) is 0.856. The van der Waals surface area contributed by atoms with Crippen molar-refractivity contribution in [2.45, 2.75) is 6.92 Å². The van der Waals surface area contributed by atoms with Crippen molar-refractivity contribution in [1.82, 2.24) is 0 Å². The van der Waals surface area contributed by atoms with Gasteiger partial charge < -0.3 is 14.6 Å². The van der Waals surface area contributed by atoms with E-state index in [9.17, 15) is 5.11 Å². The normalized spacial score (nSPS) is 17.9. The van der Waals surface area contributed by atoms with Gasteiger partial charge in [0, 0.05) is 0 Å². The molecule has 2 rings (SSSR count). The Labute approximate surface area is 109 Å². The fourth-order valence-electron chi connectivity index (χ4n) is 1.56. The van der Waals surface area contributed by atoms with Gasteiger partial charge in [-0.1, -0.05) is 6.07 Å². The molecule has 1 aliphatic heterocycles. The monoisotopic (exact) mass is 334 g/mol. The van der Waals surface area contributed by atoms with E-state index in [0.29, 0.717) is 19.8 Å². The zero-order valence-corrected chi connectivity index (χ0v) is 11.4. The first kappa shape index (κ1) is 12.1. The molecular formula is C12H15IO3. The molecule has 1 heterocycles. The van der Waals surface area contributed by atoms with E-state index in [0.717, 1.165) is 9.32 Å². The molecule has 0 saturated carbocycles. The number of aryl methyl sites for hydroxylation is 1. The van der Waals surface area contributed by atoms with Gasteiger partial charge in [-0.25, -0.2) is 0 Å². The van der Waals surface area contributed by atoms with Crippen molar-refractivity contribution in [2.24, 2.45) is 5.41 Å². The molecule has 1 aromatic rings. The SMILES string of the molecule is Cc1ccc(I)c(OCC2(CO)COC2)c1. The summed E-state index contributed by atoms with van der Waals surface area (Å²) >= 11 is 2.25. The molecule has 4 heteroatoms. The Morgan fingerprint density at radius 1 is 1.50 bits per heavy atom. The molecule has 0 bridgehead atoms. The summed E-state index contributed by atoms with van der Waals surface area (Å²) in [6.07, 6.45) is 0. The minimum absolute atomic E-state index is 0.120. The van der Waals surface area contributed by atoms with Crippen LogP contribution in [0.5, 0.6) is 5.75 Å². The molecule has 0 aliphatic carbocycles. The molecule has 1 aromatic carbocycles. The Balaban J connectivity index is 2.01. The summed E-state index contributed by atoms with van der Waals surface area (Å²) in [6, 6.07) is 6.11. The molecule has 0 radical (unpaired) electrons. The lowest BCUT2D eigenvalue weighted by Gasteiger charge is -2.39. The average Bonchev–Trinajstić information content (AvgIpc) is 2.22. The van der Waals surface area contributed by atoms with Gasteiger partial charge in [0.15, 0.2) is 0 Å². The molecule has 16 heavy (non-hydrogen) atoms. The number of benzene rings is 1.